The van der Waals surface area contributed by atoms with E-state index in [4.69, 9.17) is 4.74 Å². The van der Waals surface area contributed by atoms with Crippen molar-refractivity contribution in [2.45, 2.75) is 39.2 Å². The summed E-state index contributed by atoms with van der Waals surface area (Å²) in [5, 5.41) is 0. The number of nitrogens with one attached hydrogen (secondary N) is 1. The number of H-pyrrole nitrogens is 1. The molecular formula is C18H23N5O2. The van der Waals surface area contributed by atoms with Gasteiger partial charge in [-0.3, -0.25) is 9.20 Å². The minimum Gasteiger partial charge on any atom is -0.460 e. The van der Waals surface area contributed by atoms with Crippen LogP contribution in [0.1, 0.15) is 33.6 Å². The second-order valence-corrected chi connectivity index (χ2v) is 7.68. The van der Waals surface area contributed by atoms with Gasteiger partial charge in [-0.25, -0.2) is 9.97 Å². The first-order chi connectivity index (χ1) is 11.9. The molecule has 0 bridgehead atoms. The highest BCUT2D eigenvalue weighted by atomic mass is 16.6. The maximum atomic E-state index is 12.1. The van der Waals surface area contributed by atoms with Gasteiger partial charge in [-0.15, -0.1) is 0 Å². The summed E-state index contributed by atoms with van der Waals surface area (Å²) >= 11 is 0. The molecule has 1 aliphatic heterocycles. The number of ether oxygens (including phenoxy) is 1. The van der Waals surface area contributed by atoms with Gasteiger partial charge in [0.25, 0.3) is 0 Å². The minimum absolute atomic E-state index is 0.121. The average Bonchev–Trinajstić information content (AvgIpc) is 3.22. The van der Waals surface area contributed by atoms with Gasteiger partial charge in [0.05, 0.1) is 29.8 Å². The summed E-state index contributed by atoms with van der Waals surface area (Å²) in [7, 11) is 0. The third kappa shape index (κ3) is 3.06. The van der Waals surface area contributed by atoms with Crippen LogP contribution < -0.4 is 4.90 Å². The lowest BCUT2D eigenvalue weighted by Crippen LogP contribution is -2.26. The molecule has 132 valence electrons. The van der Waals surface area contributed by atoms with Crippen LogP contribution >= 0.6 is 0 Å². The Kier molecular flexibility index (Phi) is 3.67. The molecule has 0 saturated carbocycles. The van der Waals surface area contributed by atoms with Crippen molar-refractivity contribution in [1.29, 1.82) is 0 Å². The molecule has 0 aliphatic carbocycles. The lowest BCUT2D eigenvalue weighted by atomic mass is 10.1. The van der Waals surface area contributed by atoms with E-state index in [1.54, 1.807) is 0 Å². The van der Waals surface area contributed by atoms with Crippen LogP contribution in [0.2, 0.25) is 0 Å². The standard InChI is InChI=1S/C18H23N5O2/c1-18(2,3)25-15(24)8-12-5-7-22(11-12)17-21-10-13-9-20-16-14(23(13)17)4-6-19-16/h4,6,9-10,12,19H,5,7-8,11H2,1-3H3. The van der Waals surface area contributed by atoms with Gasteiger partial charge in [-0.1, -0.05) is 0 Å². The molecule has 7 heteroatoms. The first-order valence-corrected chi connectivity index (χ1v) is 8.67. The number of nitrogens with zero attached hydrogens (tertiary/aromatic N) is 4. The average molecular weight is 341 g/mol. The first-order valence-electron chi connectivity index (χ1n) is 8.67. The van der Waals surface area contributed by atoms with Crippen LogP contribution in [0.5, 0.6) is 0 Å². The van der Waals surface area contributed by atoms with Crippen LogP contribution in [-0.4, -0.2) is 44.0 Å². The van der Waals surface area contributed by atoms with Gasteiger partial charge in [-0.2, -0.15) is 0 Å². The van der Waals surface area contributed by atoms with Crippen molar-refractivity contribution in [1.82, 2.24) is 19.4 Å². The van der Waals surface area contributed by atoms with Crippen molar-refractivity contribution in [2.24, 2.45) is 5.92 Å². The Bertz CT molecular complexity index is 920. The second-order valence-electron chi connectivity index (χ2n) is 7.68. The quantitative estimate of drug-likeness (QED) is 0.742. The summed E-state index contributed by atoms with van der Waals surface area (Å²) in [6.07, 6.45) is 6.98. The van der Waals surface area contributed by atoms with E-state index in [0.717, 1.165) is 42.1 Å². The monoisotopic (exact) mass is 341 g/mol. The summed E-state index contributed by atoms with van der Waals surface area (Å²) in [6, 6.07) is 2.01. The number of fused-ring (bicyclic) bond motifs is 3. The Morgan fingerprint density at radius 3 is 2.96 bits per heavy atom. The Balaban J connectivity index is 1.53. The lowest BCUT2D eigenvalue weighted by molar-refractivity contribution is -0.155. The summed E-state index contributed by atoms with van der Waals surface area (Å²) in [4.78, 5) is 26.5. The fraction of sp³-hybridized carbons (Fsp3) is 0.500. The molecule has 1 N–H and O–H groups in total. The number of aromatic amines is 1. The maximum absolute atomic E-state index is 12.1. The van der Waals surface area contributed by atoms with Crippen molar-refractivity contribution in [3.63, 3.8) is 0 Å². The van der Waals surface area contributed by atoms with E-state index >= 15 is 0 Å². The second kappa shape index (κ2) is 5.75. The van der Waals surface area contributed by atoms with Crippen LogP contribution in [0.4, 0.5) is 5.95 Å². The molecule has 4 rings (SSSR count). The summed E-state index contributed by atoms with van der Waals surface area (Å²) in [5.74, 6) is 1.09. The molecule has 7 nitrogen and oxygen atoms in total. The van der Waals surface area contributed by atoms with Gasteiger partial charge < -0.3 is 14.6 Å². The number of hydrogen-bond donors (Lipinski definition) is 1. The fourth-order valence-corrected chi connectivity index (χ4v) is 3.48. The van der Waals surface area contributed by atoms with E-state index in [1.165, 1.54) is 0 Å². The summed E-state index contributed by atoms with van der Waals surface area (Å²) < 4.78 is 7.57. The number of anilines is 1. The smallest absolute Gasteiger partial charge is 0.306 e. The third-order valence-corrected chi connectivity index (χ3v) is 4.49. The normalized spacial score (nSPS) is 18.4. The zero-order chi connectivity index (χ0) is 17.6. The lowest BCUT2D eigenvalue weighted by Gasteiger charge is -2.21. The van der Waals surface area contributed by atoms with Crippen molar-refractivity contribution in [3.8, 4) is 0 Å². The van der Waals surface area contributed by atoms with E-state index < -0.39 is 5.60 Å². The topological polar surface area (TPSA) is 75.5 Å². The summed E-state index contributed by atoms with van der Waals surface area (Å²) in [6.45, 7) is 7.41. The molecular weight excluding hydrogens is 318 g/mol. The van der Waals surface area contributed by atoms with Gasteiger partial charge in [-0.05, 0) is 39.2 Å². The molecule has 25 heavy (non-hydrogen) atoms. The molecule has 4 heterocycles. The van der Waals surface area contributed by atoms with Crippen molar-refractivity contribution in [3.05, 3.63) is 24.7 Å². The number of carbonyl (C=O) groups is 1. The van der Waals surface area contributed by atoms with E-state index in [0.29, 0.717) is 12.3 Å². The number of aromatic nitrogens is 4. The number of hydrogen-bond acceptors (Lipinski definition) is 5. The highest BCUT2D eigenvalue weighted by Crippen LogP contribution is 2.28. The fourth-order valence-electron chi connectivity index (χ4n) is 3.48. The highest BCUT2D eigenvalue weighted by molar-refractivity contribution is 5.77. The molecule has 1 unspecified atom stereocenters. The van der Waals surface area contributed by atoms with Crippen molar-refractivity contribution >= 4 is 28.6 Å². The minimum atomic E-state index is -0.429. The Labute approximate surface area is 146 Å². The SMILES string of the molecule is CC(C)(C)OC(=O)CC1CCN(c2ncc3cnc4[nH]ccc4n23)C1. The van der Waals surface area contributed by atoms with Gasteiger partial charge >= 0.3 is 5.97 Å². The van der Waals surface area contributed by atoms with Crippen LogP contribution in [0, 0.1) is 5.92 Å². The number of esters is 1. The van der Waals surface area contributed by atoms with Crippen molar-refractivity contribution < 1.29 is 9.53 Å². The van der Waals surface area contributed by atoms with Gasteiger partial charge in [0.2, 0.25) is 5.95 Å². The molecule has 1 aliphatic rings. The number of carbonyl (C=O) groups excluding carboxylic acids is 1. The molecule has 1 atom stereocenters. The molecule has 0 radical (unpaired) electrons. The molecule has 0 aromatic carbocycles. The molecule has 0 spiro atoms. The Morgan fingerprint density at radius 1 is 1.36 bits per heavy atom. The van der Waals surface area contributed by atoms with Crippen molar-refractivity contribution in [2.75, 3.05) is 18.0 Å². The van der Waals surface area contributed by atoms with Gasteiger partial charge in [0.15, 0.2) is 5.65 Å². The number of rotatable bonds is 3. The zero-order valence-electron chi connectivity index (χ0n) is 14.8. The molecule has 3 aromatic rings. The Morgan fingerprint density at radius 2 is 2.16 bits per heavy atom. The predicted octanol–water partition coefficient (Wildman–Crippen LogP) is 2.77. The van der Waals surface area contributed by atoms with Crippen LogP contribution in [0.3, 0.4) is 0 Å². The Hall–Kier alpha value is -2.57. The molecule has 1 saturated heterocycles. The molecule has 0 amide bonds. The summed E-state index contributed by atoms with van der Waals surface area (Å²) in [5.41, 5.74) is 2.40. The van der Waals surface area contributed by atoms with Crippen LogP contribution in [0.25, 0.3) is 16.7 Å². The van der Waals surface area contributed by atoms with E-state index in [-0.39, 0.29) is 5.97 Å². The zero-order valence-corrected chi connectivity index (χ0v) is 14.8. The third-order valence-electron chi connectivity index (χ3n) is 4.49. The van der Waals surface area contributed by atoms with E-state index in [2.05, 4.69) is 24.3 Å². The number of imidazole rings is 1. The first kappa shape index (κ1) is 15.9. The van der Waals surface area contributed by atoms with Gasteiger partial charge in [0, 0.05) is 19.3 Å². The largest absolute Gasteiger partial charge is 0.460 e. The van der Waals surface area contributed by atoms with Gasteiger partial charge in [0.1, 0.15) is 5.60 Å². The molecule has 3 aromatic heterocycles. The van der Waals surface area contributed by atoms with E-state index in [1.807, 2.05) is 45.4 Å². The molecule has 1 fully saturated rings. The predicted molar refractivity (Wildman–Crippen MR) is 95.6 cm³/mol. The van der Waals surface area contributed by atoms with E-state index in [9.17, 15) is 4.79 Å². The highest BCUT2D eigenvalue weighted by Gasteiger charge is 2.29. The maximum Gasteiger partial charge on any atom is 0.306 e. The van der Waals surface area contributed by atoms with Crippen LogP contribution in [0.15, 0.2) is 24.7 Å². The van der Waals surface area contributed by atoms with Crippen LogP contribution in [-0.2, 0) is 9.53 Å².